The van der Waals surface area contributed by atoms with Crippen molar-refractivity contribution in [3.8, 4) is 5.75 Å². The van der Waals surface area contributed by atoms with Gasteiger partial charge in [-0.1, -0.05) is 30.0 Å². The summed E-state index contributed by atoms with van der Waals surface area (Å²) in [4.78, 5) is 23.8. The summed E-state index contributed by atoms with van der Waals surface area (Å²) in [5.41, 5.74) is 2.03. The molecule has 0 aliphatic carbocycles. The summed E-state index contributed by atoms with van der Waals surface area (Å²) in [6.45, 7) is 9.35. The molecule has 0 aliphatic heterocycles. The number of carbonyl (C=O) groups excluding carboxylic acids is 2. The van der Waals surface area contributed by atoms with Crippen LogP contribution in [0.4, 0.5) is 4.79 Å². The minimum absolute atomic E-state index is 0.0673. The van der Waals surface area contributed by atoms with E-state index in [1.54, 1.807) is 20.8 Å². The van der Waals surface area contributed by atoms with Gasteiger partial charge in [0.15, 0.2) is 5.82 Å². The molecule has 1 aromatic heterocycles. The van der Waals surface area contributed by atoms with Gasteiger partial charge in [0, 0.05) is 6.04 Å². The number of nitrogen functional groups attached to an aromatic ring is 1. The predicted molar refractivity (Wildman–Crippen MR) is 108 cm³/mol. The number of carbonyl (C=O) groups is 2. The van der Waals surface area contributed by atoms with E-state index in [0.29, 0.717) is 11.0 Å². The summed E-state index contributed by atoms with van der Waals surface area (Å²) in [7, 11) is 0. The number of ether oxygens (including phenoxy) is 1. The van der Waals surface area contributed by atoms with Crippen molar-refractivity contribution in [1.29, 1.82) is 0 Å². The summed E-state index contributed by atoms with van der Waals surface area (Å²) in [6.07, 6.45) is 0. The van der Waals surface area contributed by atoms with Crippen LogP contribution in [-0.2, 0) is 11.4 Å². The smallest absolute Gasteiger partial charge is 0.321 e. The number of hydrogen-bond donors (Lipinski definition) is 3. The normalized spacial score (nSPS) is 11.9. The maximum Gasteiger partial charge on any atom is 0.321 e. The molecule has 9 nitrogen and oxygen atoms in total. The van der Waals surface area contributed by atoms with Crippen LogP contribution < -0.4 is 21.2 Å². The molecule has 1 aromatic carbocycles. The maximum absolute atomic E-state index is 12.1. The van der Waals surface area contributed by atoms with Gasteiger partial charge >= 0.3 is 6.03 Å². The molecule has 0 saturated carbocycles. The van der Waals surface area contributed by atoms with Crippen LogP contribution >= 0.6 is 11.8 Å². The molecule has 10 heteroatoms. The third kappa shape index (κ3) is 5.62. The monoisotopic (exact) mass is 406 g/mol. The van der Waals surface area contributed by atoms with Crippen LogP contribution in [0.15, 0.2) is 23.4 Å². The number of hydrogen-bond acceptors (Lipinski definition) is 7. The van der Waals surface area contributed by atoms with Gasteiger partial charge in [-0.15, -0.1) is 10.2 Å². The Hall–Kier alpha value is -2.75. The van der Waals surface area contributed by atoms with E-state index in [1.165, 1.54) is 4.68 Å². The summed E-state index contributed by atoms with van der Waals surface area (Å²) >= 11 is 1.10. The summed E-state index contributed by atoms with van der Waals surface area (Å²) < 4.78 is 7.13. The zero-order valence-corrected chi connectivity index (χ0v) is 17.5. The van der Waals surface area contributed by atoms with Crippen LogP contribution in [0.3, 0.4) is 0 Å². The largest absolute Gasteiger partial charge is 0.485 e. The number of aryl methyl sites for hydroxylation is 2. The van der Waals surface area contributed by atoms with Crippen molar-refractivity contribution in [1.82, 2.24) is 25.5 Å². The second-order valence-electron chi connectivity index (χ2n) is 6.66. The highest BCUT2D eigenvalue weighted by Crippen LogP contribution is 2.24. The molecule has 152 valence electrons. The number of aromatic nitrogens is 3. The zero-order chi connectivity index (χ0) is 20.8. The molecule has 1 heterocycles. The summed E-state index contributed by atoms with van der Waals surface area (Å²) in [5, 5.41) is 12.7. The molecule has 0 bridgehead atoms. The Morgan fingerprint density at radius 2 is 1.86 bits per heavy atom. The molecule has 0 unspecified atom stereocenters. The fraction of sp³-hybridized carbons (Fsp3) is 0.444. The van der Waals surface area contributed by atoms with Gasteiger partial charge in [0.1, 0.15) is 12.4 Å². The Labute approximate surface area is 168 Å². The maximum atomic E-state index is 12.1. The quantitative estimate of drug-likeness (QED) is 0.474. The molecule has 0 radical (unpaired) electrons. The molecule has 0 aliphatic rings. The number of amides is 3. The van der Waals surface area contributed by atoms with E-state index < -0.39 is 17.2 Å². The number of para-hydroxylation sites is 1. The molecule has 4 N–H and O–H groups in total. The first-order valence-electron chi connectivity index (χ1n) is 8.85. The number of nitrogens with zero attached hydrogens (tertiary/aromatic N) is 3. The first kappa shape index (κ1) is 21.5. The van der Waals surface area contributed by atoms with E-state index in [9.17, 15) is 9.59 Å². The van der Waals surface area contributed by atoms with Crippen LogP contribution in [0, 0.1) is 13.8 Å². The third-order valence-corrected chi connectivity index (χ3v) is 4.85. The number of thioether (sulfide) groups is 1. The highest BCUT2D eigenvalue weighted by atomic mass is 32.2. The molecule has 1 atom stereocenters. The molecule has 0 spiro atoms. The molecule has 28 heavy (non-hydrogen) atoms. The van der Waals surface area contributed by atoms with E-state index in [0.717, 1.165) is 28.6 Å². The van der Waals surface area contributed by atoms with Crippen LogP contribution in [0.1, 0.15) is 37.7 Å². The van der Waals surface area contributed by atoms with Crippen LogP contribution in [0.25, 0.3) is 0 Å². The van der Waals surface area contributed by atoms with Gasteiger partial charge in [0.2, 0.25) is 11.1 Å². The average Bonchev–Trinajstić information content (AvgIpc) is 2.93. The van der Waals surface area contributed by atoms with E-state index >= 15 is 0 Å². The van der Waals surface area contributed by atoms with Crippen LogP contribution in [0.2, 0.25) is 0 Å². The Balaban J connectivity index is 1.97. The number of nitrogens with two attached hydrogens (primary N) is 1. The van der Waals surface area contributed by atoms with Gasteiger partial charge in [0.05, 0.1) is 5.25 Å². The van der Waals surface area contributed by atoms with E-state index in [4.69, 9.17) is 10.6 Å². The molecule has 0 fully saturated rings. The van der Waals surface area contributed by atoms with E-state index in [2.05, 4.69) is 20.8 Å². The SMILES string of the molecule is Cc1cccc(C)c1OCc1nnc(S[C@@H](C)C(=O)NC(=O)NC(C)C)n1N. The van der Waals surface area contributed by atoms with Crippen molar-refractivity contribution in [3.63, 3.8) is 0 Å². The lowest BCUT2D eigenvalue weighted by atomic mass is 10.1. The highest BCUT2D eigenvalue weighted by Gasteiger charge is 2.21. The van der Waals surface area contributed by atoms with E-state index in [1.807, 2.05) is 32.0 Å². The zero-order valence-electron chi connectivity index (χ0n) is 16.6. The van der Waals surface area contributed by atoms with Crippen molar-refractivity contribution in [2.75, 3.05) is 5.84 Å². The second kappa shape index (κ2) is 9.45. The summed E-state index contributed by atoms with van der Waals surface area (Å²) in [5.74, 6) is 6.80. The fourth-order valence-electron chi connectivity index (χ4n) is 2.37. The number of benzene rings is 1. The van der Waals surface area contributed by atoms with Gasteiger partial charge in [-0.3, -0.25) is 10.1 Å². The van der Waals surface area contributed by atoms with Gasteiger partial charge < -0.3 is 15.9 Å². The molecule has 2 aromatic rings. The van der Waals surface area contributed by atoms with Crippen LogP contribution in [0.5, 0.6) is 5.75 Å². The lowest BCUT2D eigenvalue weighted by molar-refractivity contribution is -0.119. The number of imide groups is 1. The van der Waals surface area contributed by atoms with E-state index in [-0.39, 0.29) is 12.6 Å². The minimum Gasteiger partial charge on any atom is -0.485 e. The Bertz CT molecular complexity index is 832. The Kier molecular flexibility index (Phi) is 7.27. The van der Waals surface area contributed by atoms with Crippen molar-refractivity contribution in [2.45, 2.75) is 57.7 Å². The van der Waals surface area contributed by atoms with Gasteiger partial charge in [0.25, 0.3) is 0 Å². The first-order valence-corrected chi connectivity index (χ1v) is 9.73. The molecule has 3 amide bonds. The van der Waals surface area contributed by atoms with Crippen molar-refractivity contribution in [2.24, 2.45) is 0 Å². The second-order valence-corrected chi connectivity index (χ2v) is 7.96. The highest BCUT2D eigenvalue weighted by molar-refractivity contribution is 8.00. The fourth-order valence-corrected chi connectivity index (χ4v) is 3.16. The van der Waals surface area contributed by atoms with Crippen molar-refractivity contribution < 1.29 is 14.3 Å². The van der Waals surface area contributed by atoms with Crippen molar-refractivity contribution in [3.05, 3.63) is 35.2 Å². The number of urea groups is 1. The van der Waals surface area contributed by atoms with Gasteiger partial charge in [-0.25, -0.2) is 9.47 Å². The van der Waals surface area contributed by atoms with Crippen molar-refractivity contribution >= 4 is 23.7 Å². The number of rotatable bonds is 7. The molecular formula is C18H26N6O3S. The lowest BCUT2D eigenvalue weighted by Gasteiger charge is -2.13. The Morgan fingerprint density at radius 3 is 2.46 bits per heavy atom. The third-order valence-electron chi connectivity index (χ3n) is 3.80. The Morgan fingerprint density at radius 1 is 1.21 bits per heavy atom. The standard InChI is InChI=1S/C18H26N6O3S/c1-10(2)20-17(26)21-16(25)13(5)28-18-23-22-14(24(18)19)9-27-15-11(3)7-6-8-12(15)4/h6-8,10,13H,9,19H2,1-5H3,(H2,20,21,25,26)/t13-/m0/s1. The van der Waals surface area contributed by atoms with Gasteiger partial charge in [-0.2, -0.15) is 0 Å². The first-order chi connectivity index (χ1) is 13.2. The topological polar surface area (TPSA) is 124 Å². The number of nitrogens with one attached hydrogen (secondary N) is 2. The predicted octanol–water partition coefficient (Wildman–Crippen LogP) is 1.90. The van der Waals surface area contributed by atoms with Crippen LogP contribution in [-0.4, -0.2) is 38.1 Å². The minimum atomic E-state index is -0.586. The van der Waals surface area contributed by atoms with Gasteiger partial charge in [-0.05, 0) is 45.7 Å². The molecule has 0 saturated heterocycles. The molecule has 2 rings (SSSR count). The summed E-state index contributed by atoms with van der Waals surface area (Å²) in [6, 6.07) is 5.29. The lowest BCUT2D eigenvalue weighted by Crippen LogP contribution is -2.45. The average molecular weight is 407 g/mol. The molecular weight excluding hydrogens is 380 g/mol.